The van der Waals surface area contributed by atoms with Gasteiger partial charge in [0, 0.05) is 11.6 Å². The van der Waals surface area contributed by atoms with E-state index in [0.717, 1.165) is 0 Å². The van der Waals surface area contributed by atoms with Crippen LogP contribution in [0.5, 0.6) is 17.2 Å². The lowest BCUT2D eigenvalue weighted by molar-refractivity contribution is 0.138. The molecule has 1 aromatic rings. The van der Waals surface area contributed by atoms with Gasteiger partial charge in [0.1, 0.15) is 18.5 Å². The van der Waals surface area contributed by atoms with Gasteiger partial charge in [-0.2, -0.15) is 0 Å². The van der Waals surface area contributed by atoms with Crippen molar-refractivity contribution in [1.29, 1.82) is 0 Å². The van der Waals surface area contributed by atoms with Crippen LogP contribution in [0.15, 0.2) is 12.1 Å². The molecule has 0 aliphatic carbocycles. The maximum Gasteiger partial charge on any atom is 0.231 e. The van der Waals surface area contributed by atoms with Crippen molar-refractivity contribution in [3.05, 3.63) is 17.7 Å². The van der Waals surface area contributed by atoms with Gasteiger partial charge in [0.2, 0.25) is 6.79 Å². The molecule has 2 rings (SSSR count). The van der Waals surface area contributed by atoms with Crippen LogP contribution in [0.3, 0.4) is 0 Å². The number of hydrogen-bond donors (Lipinski definition) is 1. The van der Waals surface area contributed by atoms with Gasteiger partial charge in [-0.15, -0.1) is 0 Å². The van der Waals surface area contributed by atoms with Crippen molar-refractivity contribution in [2.24, 2.45) is 0 Å². The molecule has 0 radical (unpaired) electrons. The molecule has 0 saturated heterocycles. The molecule has 0 spiro atoms. The second kappa shape index (κ2) is 3.94. The summed E-state index contributed by atoms with van der Waals surface area (Å²) in [6.45, 7) is -0.732. The lowest BCUT2D eigenvalue weighted by Crippen LogP contribution is -2.02. The van der Waals surface area contributed by atoms with Gasteiger partial charge in [0.15, 0.2) is 11.5 Å². The number of aliphatic hydroxyl groups is 1. The fourth-order valence-corrected chi connectivity index (χ4v) is 1.46. The van der Waals surface area contributed by atoms with Crippen molar-refractivity contribution in [2.45, 2.75) is 6.10 Å². The summed E-state index contributed by atoms with van der Waals surface area (Å²) >= 11 is 0. The van der Waals surface area contributed by atoms with Crippen LogP contribution in [0.25, 0.3) is 0 Å². The van der Waals surface area contributed by atoms with E-state index in [4.69, 9.17) is 14.2 Å². The number of ether oxygens (including phenoxy) is 3. The Balaban J connectivity index is 2.44. The summed E-state index contributed by atoms with van der Waals surface area (Å²) in [4.78, 5) is 0. The van der Waals surface area contributed by atoms with Gasteiger partial charge < -0.3 is 19.3 Å². The van der Waals surface area contributed by atoms with Gasteiger partial charge in [-0.05, 0) is 6.07 Å². The molecule has 1 N–H and O–H groups in total. The van der Waals surface area contributed by atoms with Crippen LogP contribution in [-0.2, 0) is 0 Å². The molecule has 1 aliphatic rings. The van der Waals surface area contributed by atoms with Crippen molar-refractivity contribution in [2.75, 3.05) is 20.6 Å². The van der Waals surface area contributed by atoms with Crippen LogP contribution in [0.4, 0.5) is 4.39 Å². The first-order valence-electron chi connectivity index (χ1n) is 4.48. The Morgan fingerprint density at radius 1 is 1.47 bits per heavy atom. The summed E-state index contributed by atoms with van der Waals surface area (Å²) in [6.07, 6.45) is -1.20. The van der Waals surface area contributed by atoms with Crippen LogP contribution >= 0.6 is 0 Å². The standard InChI is InChI=1S/C10H11FO4/c1-13-8-3-10-9(14-5-15-10)2-6(8)7(12)4-11/h2-3,7,12H,4-5H2,1H3. The minimum Gasteiger partial charge on any atom is -0.496 e. The van der Waals surface area contributed by atoms with E-state index in [1.165, 1.54) is 13.2 Å². The van der Waals surface area contributed by atoms with E-state index in [9.17, 15) is 9.50 Å². The van der Waals surface area contributed by atoms with E-state index in [-0.39, 0.29) is 6.79 Å². The smallest absolute Gasteiger partial charge is 0.231 e. The lowest BCUT2D eigenvalue weighted by atomic mass is 10.1. The monoisotopic (exact) mass is 214 g/mol. The van der Waals surface area contributed by atoms with Crippen LogP contribution < -0.4 is 14.2 Å². The van der Waals surface area contributed by atoms with E-state index < -0.39 is 12.8 Å². The third-order valence-corrected chi connectivity index (χ3v) is 2.23. The van der Waals surface area contributed by atoms with Gasteiger partial charge in [0.05, 0.1) is 7.11 Å². The Kier molecular flexibility index (Phi) is 2.64. The molecule has 1 unspecified atom stereocenters. The van der Waals surface area contributed by atoms with Crippen molar-refractivity contribution >= 4 is 0 Å². The van der Waals surface area contributed by atoms with Gasteiger partial charge in [0.25, 0.3) is 0 Å². The van der Waals surface area contributed by atoms with E-state index in [1.54, 1.807) is 6.07 Å². The van der Waals surface area contributed by atoms with Gasteiger partial charge in [-0.3, -0.25) is 0 Å². The van der Waals surface area contributed by atoms with Gasteiger partial charge in [-0.25, -0.2) is 4.39 Å². The molecule has 0 saturated carbocycles. The van der Waals surface area contributed by atoms with E-state index in [1.807, 2.05) is 0 Å². The maximum absolute atomic E-state index is 12.4. The third kappa shape index (κ3) is 1.70. The predicted octanol–water partition coefficient (Wildman–Crippen LogP) is 1.43. The number of benzene rings is 1. The van der Waals surface area contributed by atoms with Crippen molar-refractivity contribution in [1.82, 2.24) is 0 Å². The largest absolute Gasteiger partial charge is 0.496 e. The van der Waals surface area contributed by atoms with Gasteiger partial charge >= 0.3 is 0 Å². The summed E-state index contributed by atoms with van der Waals surface area (Å²) < 4.78 is 27.6. The Morgan fingerprint density at radius 3 is 2.73 bits per heavy atom. The summed E-state index contributed by atoms with van der Waals surface area (Å²) in [7, 11) is 1.45. The number of aliphatic hydroxyl groups excluding tert-OH is 1. The van der Waals surface area contributed by atoms with E-state index in [2.05, 4.69) is 0 Å². The first-order chi connectivity index (χ1) is 7.26. The Hall–Kier alpha value is -1.49. The highest BCUT2D eigenvalue weighted by Gasteiger charge is 2.21. The van der Waals surface area contributed by atoms with Crippen LogP contribution in [0.1, 0.15) is 11.7 Å². The molecular weight excluding hydrogens is 203 g/mol. The van der Waals surface area contributed by atoms with Crippen LogP contribution in [0, 0.1) is 0 Å². The quantitative estimate of drug-likeness (QED) is 0.826. The van der Waals surface area contributed by atoms with E-state index in [0.29, 0.717) is 22.8 Å². The Morgan fingerprint density at radius 2 is 2.13 bits per heavy atom. The highest BCUT2D eigenvalue weighted by molar-refractivity contribution is 5.52. The molecule has 1 aliphatic heterocycles. The molecular formula is C10H11FO4. The topological polar surface area (TPSA) is 47.9 Å². The average Bonchev–Trinajstić information content (AvgIpc) is 2.73. The molecule has 0 aromatic heterocycles. The summed E-state index contributed by atoms with van der Waals surface area (Å²) in [5.74, 6) is 1.43. The Bertz CT molecular complexity index is 367. The molecule has 0 amide bonds. The number of halogens is 1. The fraction of sp³-hybridized carbons (Fsp3) is 0.400. The summed E-state index contributed by atoms with van der Waals surface area (Å²) in [6, 6.07) is 3.11. The molecule has 82 valence electrons. The fourth-order valence-electron chi connectivity index (χ4n) is 1.46. The maximum atomic E-state index is 12.4. The zero-order valence-corrected chi connectivity index (χ0v) is 8.20. The average molecular weight is 214 g/mol. The number of hydrogen-bond acceptors (Lipinski definition) is 4. The lowest BCUT2D eigenvalue weighted by Gasteiger charge is -2.12. The minimum absolute atomic E-state index is 0.133. The molecule has 1 atom stereocenters. The number of fused-ring (bicyclic) bond motifs is 1. The molecule has 1 heterocycles. The molecule has 15 heavy (non-hydrogen) atoms. The molecule has 4 nitrogen and oxygen atoms in total. The second-order valence-corrected chi connectivity index (χ2v) is 3.12. The summed E-state index contributed by atoms with van der Waals surface area (Å²) in [5.41, 5.74) is 0.365. The zero-order valence-electron chi connectivity index (χ0n) is 8.20. The molecule has 5 heteroatoms. The van der Waals surface area contributed by atoms with Crippen molar-refractivity contribution in [3.63, 3.8) is 0 Å². The number of rotatable bonds is 3. The highest BCUT2D eigenvalue weighted by atomic mass is 19.1. The number of alkyl halides is 1. The van der Waals surface area contributed by atoms with Crippen molar-refractivity contribution < 1.29 is 23.7 Å². The van der Waals surface area contributed by atoms with Crippen molar-refractivity contribution in [3.8, 4) is 17.2 Å². The molecule has 1 aromatic carbocycles. The van der Waals surface area contributed by atoms with E-state index >= 15 is 0 Å². The molecule has 0 fully saturated rings. The second-order valence-electron chi connectivity index (χ2n) is 3.12. The minimum atomic E-state index is -1.20. The first kappa shape index (κ1) is 10.0. The highest BCUT2D eigenvalue weighted by Crippen LogP contribution is 2.40. The van der Waals surface area contributed by atoms with Gasteiger partial charge in [-0.1, -0.05) is 0 Å². The summed E-state index contributed by atoms with van der Waals surface area (Å²) in [5, 5.41) is 9.42. The molecule has 0 bridgehead atoms. The van der Waals surface area contributed by atoms with Crippen LogP contribution in [-0.4, -0.2) is 25.7 Å². The zero-order chi connectivity index (χ0) is 10.8. The first-order valence-corrected chi connectivity index (χ1v) is 4.48. The normalized spacial score (nSPS) is 15.1. The SMILES string of the molecule is COc1cc2c(cc1C(O)CF)OCO2. The van der Waals surface area contributed by atoms with Crippen LogP contribution in [0.2, 0.25) is 0 Å². The Labute approximate surface area is 86.2 Å². The third-order valence-electron chi connectivity index (χ3n) is 2.23. The number of methoxy groups -OCH3 is 1. The predicted molar refractivity (Wildman–Crippen MR) is 50.1 cm³/mol.